The van der Waals surface area contributed by atoms with E-state index in [1.54, 1.807) is 17.8 Å². The minimum absolute atomic E-state index is 0.0115. The molecule has 0 spiro atoms. The topological polar surface area (TPSA) is 58.4 Å². The zero-order valence-corrected chi connectivity index (χ0v) is 15.0. The van der Waals surface area contributed by atoms with E-state index in [1.807, 2.05) is 9.80 Å². The third kappa shape index (κ3) is 3.47. The van der Waals surface area contributed by atoms with Crippen LogP contribution in [0.2, 0.25) is 0 Å². The Hall–Kier alpha value is -1.85. The molecule has 132 valence electrons. The van der Waals surface area contributed by atoms with E-state index in [0.717, 1.165) is 39.0 Å². The lowest BCUT2D eigenvalue weighted by atomic mass is 10.00. The summed E-state index contributed by atoms with van der Waals surface area (Å²) >= 11 is 0. The van der Waals surface area contributed by atoms with E-state index in [9.17, 15) is 9.59 Å². The van der Waals surface area contributed by atoms with Crippen LogP contribution in [0.1, 0.15) is 60.5 Å². The van der Waals surface area contributed by atoms with Crippen molar-refractivity contribution in [3.8, 4) is 0 Å². The second-order valence-corrected chi connectivity index (χ2v) is 7.54. The van der Waals surface area contributed by atoms with Gasteiger partial charge in [0.05, 0.1) is 0 Å². The second-order valence-electron chi connectivity index (χ2n) is 7.54. The Labute approximate surface area is 143 Å². The van der Waals surface area contributed by atoms with E-state index in [0.29, 0.717) is 23.2 Å². The molecule has 0 unspecified atom stereocenters. The summed E-state index contributed by atoms with van der Waals surface area (Å²) in [4.78, 5) is 29.2. The van der Waals surface area contributed by atoms with Crippen LogP contribution in [0, 0.1) is 11.8 Å². The summed E-state index contributed by atoms with van der Waals surface area (Å²) < 4.78 is 1.56. The van der Waals surface area contributed by atoms with Crippen LogP contribution < -0.4 is 0 Å². The van der Waals surface area contributed by atoms with Gasteiger partial charge in [-0.15, -0.1) is 0 Å². The summed E-state index contributed by atoms with van der Waals surface area (Å²) in [5.74, 6) is 1.00. The van der Waals surface area contributed by atoms with E-state index in [2.05, 4.69) is 18.9 Å². The van der Waals surface area contributed by atoms with Crippen molar-refractivity contribution >= 4 is 11.8 Å². The third-order valence-corrected chi connectivity index (χ3v) is 5.21. The smallest absolute Gasteiger partial charge is 0.274 e. The predicted molar refractivity (Wildman–Crippen MR) is 91.8 cm³/mol. The monoisotopic (exact) mass is 332 g/mol. The first-order valence-corrected chi connectivity index (χ1v) is 9.08. The Kier molecular flexibility index (Phi) is 4.92. The molecule has 0 N–H and O–H groups in total. The summed E-state index contributed by atoms with van der Waals surface area (Å²) in [5.41, 5.74) is 0.900. The van der Waals surface area contributed by atoms with Gasteiger partial charge in [-0.2, -0.15) is 5.10 Å². The number of hydrogen-bond donors (Lipinski definition) is 0. The Morgan fingerprint density at radius 1 is 1.00 bits per heavy atom. The van der Waals surface area contributed by atoms with Crippen molar-refractivity contribution < 1.29 is 9.59 Å². The Bertz CT molecular complexity index is 625. The lowest BCUT2D eigenvalue weighted by Gasteiger charge is -2.30. The van der Waals surface area contributed by atoms with E-state index in [1.165, 1.54) is 12.8 Å². The average Bonchev–Trinajstić information content (AvgIpc) is 2.95. The van der Waals surface area contributed by atoms with E-state index < -0.39 is 0 Å². The van der Waals surface area contributed by atoms with Gasteiger partial charge in [-0.1, -0.05) is 13.8 Å². The zero-order chi connectivity index (χ0) is 17.3. The molecule has 0 aliphatic carbocycles. The zero-order valence-electron chi connectivity index (χ0n) is 15.0. The third-order valence-electron chi connectivity index (χ3n) is 5.21. The number of amides is 2. The molecule has 6 heteroatoms. The number of rotatable bonds is 2. The Balaban J connectivity index is 1.74. The first kappa shape index (κ1) is 17.0. The lowest BCUT2D eigenvalue weighted by Crippen LogP contribution is -2.40. The molecule has 2 fully saturated rings. The highest BCUT2D eigenvalue weighted by Crippen LogP contribution is 2.20. The predicted octanol–water partition coefficient (Wildman–Crippen LogP) is 2.16. The fourth-order valence-electron chi connectivity index (χ4n) is 3.84. The number of likely N-dealkylation sites (tertiary alicyclic amines) is 2. The number of carbonyl (C=O) groups excluding carboxylic acids is 2. The largest absolute Gasteiger partial charge is 0.337 e. The van der Waals surface area contributed by atoms with Gasteiger partial charge in [0.1, 0.15) is 5.69 Å². The highest BCUT2D eigenvalue weighted by Gasteiger charge is 2.28. The summed E-state index contributed by atoms with van der Waals surface area (Å²) in [7, 11) is 1.75. The van der Waals surface area contributed by atoms with Crippen molar-refractivity contribution in [3.63, 3.8) is 0 Å². The van der Waals surface area contributed by atoms with E-state index in [-0.39, 0.29) is 11.8 Å². The van der Waals surface area contributed by atoms with Crippen LogP contribution in [0.15, 0.2) is 6.07 Å². The summed E-state index contributed by atoms with van der Waals surface area (Å²) in [6.45, 7) is 7.49. The molecule has 0 bridgehead atoms. The van der Waals surface area contributed by atoms with Crippen LogP contribution >= 0.6 is 0 Å². The standard InChI is InChI=1S/C18H28N4O2/c1-13-6-4-8-21(11-13)17(23)15-10-16(20(3)19-15)18(24)22-9-5-7-14(2)12-22/h10,13-14H,4-9,11-12H2,1-3H3/t13-,14+/m1/s1. The van der Waals surface area contributed by atoms with Gasteiger partial charge in [-0.3, -0.25) is 14.3 Å². The van der Waals surface area contributed by atoms with Crippen LogP contribution in [-0.2, 0) is 7.05 Å². The maximum Gasteiger partial charge on any atom is 0.274 e. The first-order valence-electron chi connectivity index (χ1n) is 9.08. The first-order chi connectivity index (χ1) is 11.5. The van der Waals surface area contributed by atoms with Crippen molar-refractivity contribution in [2.45, 2.75) is 39.5 Å². The molecular weight excluding hydrogens is 304 g/mol. The average molecular weight is 332 g/mol. The molecule has 24 heavy (non-hydrogen) atoms. The summed E-state index contributed by atoms with van der Waals surface area (Å²) in [6.07, 6.45) is 4.42. The lowest BCUT2D eigenvalue weighted by molar-refractivity contribution is 0.0668. The van der Waals surface area contributed by atoms with Crippen molar-refractivity contribution in [1.29, 1.82) is 0 Å². The van der Waals surface area contributed by atoms with Gasteiger partial charge in [0.25, 0.3) is 11.8 Å². The molecule has 3 rings (SSSR count). The fraction of sp³-hybridized carbons (Fsp3) is 0.722. The highest BCUT2D eigenvalue weighted by molar-refractivity contribution is 5.98. The minimum atomic E-state index is -0.0526. The molecule has 2 atom stereocenters. The maximum atomic E-state index is 12.8. The van der Waals surface area contributed by atoms with Crippen molar-refractivity contribution in [2.75, 3.05) is 26.2 Å². The Morgan fingerprint density at radius 3 is 2.08 bits per heavy atom. The normalized spacial score (nSPS) is 25.0. The van der Waals surface area contributed by atoms with Gasteiger partial charge in [-0.05, 0) is 37.5 Å². The number of aromatic nitrogens is 2. The number of hydrogen-bond acceptors (Lipinski definition) is 3. The van der Waals surface area contributed by atoms with Crippen LogP contribution in [0.25, 0.3) is 0 Å². The van der Waals surface area contributed by atoms with Crippen molar-refractivity contribution in [3.05, 3.63) is 17.5 Å². The molecule has 1 aromatic heterocycles. The molecule has 0 aromatic carbocycles. The van der Waals surface area contributed by atoms with Crippen LogP contribution in [0.4, 0.5) is 0 Å². The molecule has 2 aliphatic rings. The van der Waals surface area contributed by atoms with Gasteiger partial charge in [-0.25, -0.2) is 0 Å². The number of carbonyl (C=O) groups is 2. The molecule has 2 aliphatic heterocycles. The SMILES string of the molecule is C[C@@H]1CCCN(C(=O)c2cc(C(=O)N3CCC[C@H](C)C3)n(C)n2)C1. The maximum absolute atomic E-state index is 12.8. The highest BCUT2D eigenvalue weighted by atomic mass is 16.2. The van der Waals surface area contributed by atoms with Gasteiger partial charge in [0.15, 0.2) is 5.69 Å². The quantitative estimate of drug-likeness (QED) is 0.834. The van der Waals surface area contributed by atoms with Gasteiger partial charge in [0, 0.05) is 39.3 Å². The van der Waals surface area contributed by atoms with Crippen LogP contribution in [0.3, 0.4) is 0 Å². The van der Waals surface area contributed by atoms with Crippen molar-refractivity contribution in [1.82, 2.24) is 19.6 Å². The number of aryl methyl sites for hydroxylation is 1. The molecule has 0 saturated carbocycles. The van der Waals surface area contributed by atoms with Gasteiger partial charge in [0.2, 0.25) is 0 Å². The van der Waals surface area contributed by atoms with E-state index >= 15 is 0 Å². The molecular formula is C18H28N4O2. The molecule has 6 nitrogen and oxygen atoms in total. The van der Waals surface area contributed by atoms with Gasteiger partial charge >= 0.3 is 0 Å². The summed E-state index contributed by atoms with van der Waals surface area (Å²) in [6, 6.07) is 1.67. The number of nitrogens with zero attached hydrogens (tertiary/aromatic N) is 4. The molecule has 0 radical (unpaired) electrons. The molecule has 2 amide bonds. The fourth-order valence-corrected chi connectivity index (χ4v) is 3.84. The van der Waals surface area contributed by atoms with Crippen molar-refractivity contribution in [2.24, 2.45) is 18.9 Å². The van der Waals surface area contributed by atoms with Crippen LogP contribution in [0.5, 0.6) is 0 Å². The molecule has 2 saturated heterocycles. The Morgan fingerprint density at radius 2 is 1.54 bits per heavy atom. The summed E-state index contributed by atoms with van der Waals surface area (Å²) in [5, 5.41) is 4.32. The molecule has 3 heterocycles. The number of piperidine rings is 2. The minimum Gasteiger partial charge on any atom is -0.337 e. The van der Waals surface area contributed by atoms with Gasteiger partial charge < -0.3 is 9.80 Å². The van der Waals surface area contributed by atoms with Crippen LogP contribution in [-0.4, -0.2) is 57.6 Å². The second kappa shape index (κ2) is 6.95. The molecule has 1 aromatic rings. The van der Waals surface area contributed by atoms with E-state index in [4.69, 9.17) is 0 Å².